The molecule has 0 aliphatic carbocycles. The van der Waals surface area contributed by atoms with Gasteiger partial charge in [-0.1, -0.05) is 18.2 Å². The van der Waals surface area contributed by atoms with Crippen molar-refractivity contribution in [3.8, 4) is 11.5 Å². The van der Waals surface area contributed by atoms with Gasteiger partial charge in [0.15, 0.2) is 0 Å². The van der Waals surface area contributed by atoms with Crippen molar-refractivity contribution >= 4 is 29.0 Å². The average molecular weight is 335 g/mol. The van der Waals surface area contributed by atoms with Crippen LogP contribution in [0.25, 0.3) is 0 Å². The van der Waals surface area contributed by atoms with Crippen LogP contribution in [0.5, 0.6) is 11.5 Å². The molecule has 0 bridgehead atoms. The van der Waals surface area contributed by atoms with Gasteiger partial charge in [-0.25, -0.2) is 0 Å². The summed E-state index contributed by atoms with van der Waals surface area (Å²) >= 11 is 2.71. The van der Waals surface area contributed by atoms with Crippen LogP contribution in [0.1, 0.15) is 5.56 Å². The fraction of sp³-hybridized carbons (Fsp3) is 0.188. The molecule has 0 aromatic heterocycles. The van der Waals surface area contributed by atoms with E-state index in [1.54, 1.807) is 0 Å². The molecule has 0 heterocycles. The molecule has 2 rings (SSSR count). The minimum absolute atomic E-state index is 0.358. The molecule has 0 aliphatic heterocycles. The van der Waals surface area contributed by atoms with E-state index >= 15 is 0 Å². The Hall–Kier alpha value is -1.79. The molecule has 2 aromatic carbocycles. The highest BCUT2D eigenvalue weighted by Crippen LogP contribution is 2.28. The second-order valence-corrected chi connectivity index (χ2v) is 6.53. The lowest BCUT2D eigenvalue weighted by Gasteiger charge is -2.09. The van der Waals surface area contributed by atoms with Gasteiger partial charge >= 0.3 is 0 Å². The van der Waals surface area contributed by atoms with Gasteiger partial charge in [0, 0.05) is 16.7 Å². The van der Waals surface area contributed by atoms with Gasteiger partial charge in [0.05, 0.1) is 18.6 Å². The molecule has 22 heavy (non-hydrogen) atoms. The van der Waals surface area contributed by atoms with E-state index in [1.165, 1.54) is 23.8 Å². The Labute approximate surface area is 139 Å². The number of ether oxygens (including phenoxy) is 1. The number of amidine groups is 1. The molecule has 0 amide bonds. The first-order valence-corrected chi connectivity index (χ1v) is 8.51. The minimum atomic E-state index is 0.358. The predicted octanol–water partition coefficient (Wildman–Crippen LogP) is 2.27. The molecule has 0 aliphatic rings. The van der Waals surface area contributed by atoms with E-state index < -0.39 is 0 Å². The molecule has 4 N–H and O–H groups in total. The Bertz CT molecular complexity index is 621. The normalized spacial score (nSPS) is 10.2. The summed E-state index contributed by atoms with van der Waals surface area (Å²) in [7, 11) is 0. The second kappa shape index (κ2) is 8.60. The Balaban J connectivity index is 1.90. The van der Waals surface area contributed by atoms with E-state index in [0.29, 0.717) is 17.5 Å². The molecule has 0 saturated carbocycles. The van der Waals surface area contributed by atoms with E-state index in [0.717, 1.165) is 22.0 Å². The summed E-state index contributed by atoms with van der Waals surface area (Å²) in [5.74, 6) is 2.26. The monoisotopic (exact) mass is 335 g/mol. The highest BCUT2D eigenvalue weighted by Gasteiger charge is 2.04. The van der Waals surface area contributed by atoms with Crippen LogP contribution in [0.4, 0.5) is 0 Å². The number of rotatable bonds is 7. The number of hydrogen-bond donors (Lipinski definition) is 2. The summed E-state index contributed by atoms with van der Waals surface area (Å²) in [5, 5.41) is 5.75. The van der Waals surface area contributed by atoms with Crippen LogP contribution in [0.3, 0.4) is 0 Å². The van der Waals surface area contributed by atoms with Gasteiger partial charge in [-0.05, 0) is 48.5 Å². The van der Waals surface area contributed by atoms with Crippen LogP contribution >= 0.6 is 23.8 Å². The summed E-state index contributed by atoms with van der Waals surface area (Å²) in [6, 6.07) is 15.8. The van der Waals surface area contributed by atoms with Gasteiger partial charge in [0.2, 0.25) is 0 Å². The van der Waals surface area contributed by atoms with Crippen molar-refractivity contribution in [2.45, 2.75) is 11.8 Å². The van der Waals surface area contributed by atoms with E-state index in [2.05, 4.69) is 0 Å². The third kappa shape index (κ3) is 5.91. The van der Waals surface area contributed by atoms with Gasteiger partial charge in [-0.3, -0.25) is 11.1 Å². The molecule has 6 heteroatoms. The van der Waals surface area contributed by atoms with Crippen LogP contribution < -0.4 is 20.1 Å². The first-order valence-electron chi connectivity index (χ1n) is 6.78. The quantitative estimate of drug-likeness (QED) is 0.351. The molecule has 0 fully saturated rings. The van der Waals surface area contributed by atoms with Gasteiger partial charge in [-0.2, -0.15) is 0 Å². The smallest absolute Gasteiger partial charge is 0.299 e. The number of nitrogens with two attached hydrogens (primary N) is 2. The maximum atomic E-state index is 5.75. The fourth-order valence-corrected chi connectivity index (χ4v) is 2.70. The van der Waals surface area contributed by atoms with Crippen molar-refractivity contribution in [1.29, 1.82) is 0 Å². The van der Waals surface area contributed by atoms with Gasteiger partial charge in [0.1, 0.15) is 11.5 Å². The largest absolute Gasteiger partial charge is 0.493 e. The molecular weight excluding hydrogens is 316 g/mol. The van der Waals surface area contributed by atoms with Gasteiger partial charge in [-0.15, -0.1) is 0 Å². The van der Waals surface area contributed by atoms with Crippen LogP contribution in [-0.2, 0) is 0 Å². The topological polar surface area (TPSA) is 70.1 Å². The second-order valence-electron chi connectivity index (χ2n) is 4.56. The molecule has 0 spiro atoms. The van der Waals surface area contributed by atoms with Gasteiger partial charge in [0.25, 0.3) is 5.17 Å². The first kappa shape index (κ1) is 16.6. The molecule has 0 unspecified atom stereocenters. The molecule has 2 aromatic rings. The Morgan fingerprint density at radius 3 is 2.59 bits per heavy atom. The minimum Gasteiger partial charge on any atom is -0.493 e. The zero-order valence-electron chi connectivity index (χ0n) is 12.3. The number of thioether (sulfide) groups is 1. The predicted molar refractivity (Wildman–Crippen MR) is 93.2 cm³/mol. The maximum absolute atomic E-state index is 5.75. The first-order chi connectivity index (χ1) is 10.6. The zero-order chi connectivity index (χ0) is 15.8. The summed E-state index contributed by atoms with van der Waals surface area (Å²) in [5.41, 5.74) is 6.48. The van der Waals surface area contributed by atoms with Crippen LogP contribution in [-0.4, -0.2) is 17.5 Å². The molecule has 0 saturated heterocycles. The number of aryl methyl sites for hydroxylation is 1. The van der Waals surface area contributed by atoms with Crippen LogP contribution in [0, 0.1) is 6.92 Å². The summed E-state index contributed by atoms with van der Waals surface area (Å²) < 4.78 is 11.4. The van der Waals surface area contributed by atoms with E-state index in [9.17, 15) is 0 Å². The number of benzene rings is 2. The fourth-order valence-electron chi connectivity index (χ4n) is 1.74. The standard InChI is InChI=1S/C16H18N2O2S2/c1-12-9-13(19-7-8-21-16(17)18)11-14(10-12)20-22-15-5-3-2-4-6-15/h2-6,9-11H,7-8H2,1H3,(H3,17,18)/p+1. The highest BCUT2D eigenvalue weighted by atomic mass is 32.2. The van der Waals surface area contributed by atoms with E-state index in [-0.39, 0.29) is 0 Å². The third-order valence-electron chi connectivity index (χ3n) is 2.62. The van der Waals surface area contributed by atoms with E-state index in [4.69, 9.17) is 20.1 Å². The van der Waals surface area contributed by atoms with Crippen molar-refractivity contribution in [3.63, 3.8) is 0 Å². The molecular formula is C16H19N2O2S2+. The van der Waals surface area contributed by atoms with Crippen molar-refractivity contribution in [2.24, 2.45) is 5.73 Å². The highest BCUT2D eigenvalue weighted by molar-refractivity contribution is 8.13. The van der Waals surface area contributed by atoms with Crippen molar-refractivity contribution in [2.75, 3.05) is 12.4 Å². The van der Waals surface area contributed by atoms with Gasteiger partial charge < -0.3 is 8.92 Å². The Morgan fingerprint density at radius 2 is 1.86 bits per heavy atom. The molecule has 0 atom stereocenters. The zero-order valence-corrected chi connectivity index (χ0v) is 14.0. The Morgan fingerprint density at radius 1 is 1.14 bits per heavy atom. The Kier molecular flexibility index (Phi) is 6.48. The molecule has 0 radical (unpaired) electrons. The van der Waals surface area contributed by atoms with Crippen LogP contribution in [0.15, 0.2) is 53.4 Å². The molecule has 4 nitrogen and oxygen atoms in total. The van der Waals surface area contributed by atoms with E-state index in [1.807, 2.05) is 55.5 Å². The lowest BCUT2D eigenvalue weighted by Crippen LogP contribution is -2.43. The summed E-state index contributed by atoms with van der Waals surface area (Å²) in [6.07, 6.45) is 0. The maximum Gasteiger partial charge on any atom is 0.299 e. The summed E-state index contributed by atoms with van der Waals surface area (Å²) in [4.78, 5) is 1.05. The lowest BCUT2D eigenvalue weighted by atomic mass is 10.2. The third-order valence-corrected chi connectivity index (χ3v) is 4.07. The number of hydrogen-bond acceptors (Lipinski definition) is 4. The van der Waals surface area contributed by atoms with Crippen LogP contribution in [0.2, 0.25) is 0 Å². The van der Waals surface area contributed by atoms with Crippen molar-refractivity contribution < 1.29 is 14.3 Å². The SMILES string of the molecule is Cc1cc(OCCSC(N)=[NH2+])cc(OSc2ccccc2)c1. The summed E-state index contributed by atoms with van der Waals surface area (Å²) in [6.45, 7) is 2.55. The van der Waals surface area contributed by atoms with Crippen molar-refractivity contribution in [3.05, 3.63) is 54.1 Å². The molecule has 116 valence electrons. The van der Waals surface area contributed by atoms with Crippen molar-refractivity contribution in [1.82, 2.24) is 0 Å². The lowest BCUT2D eigenvalue weighted by molar-refractivity contribution is -0.110. The average Bonchev–Trinajstić information content (AvgIpc) is 2.50.